The molecule has 0 saturated carbocycles. The standard InChI is InChI=1S/C42H38N2P2/c1-33(39-27-15-17-29-41(39)45(35-19-7-3-8-20-35)36-21-9-4-10-22-36)43-31-32-44-34(2)40-28-16-18-30-42(40)46(37-23-11-5-12-24-37)38-25-13-6-14-26-38/h3-30H,31-32H2,1-2H3. The summed E-state index contributed by atoms with van der Waals surface area (Å²) in [5.74, 6) is 0. The van der Waals surface area contributed by atoms with Gasteiger partial charge in [-0.05, 0) is 61.5 Å². The summed E-state index contributed by atoms with van der Waals surface area (Å²) in [7, 11) is -1.43. The number of hydrogen-bond donors (Lipinski definition) is 0. The third-order valence-electron chi connectivity index (χ3n) is 7.93. The molecule has 0 N–H and O–H groups in total. The molecule has 0 aliphatic carbocycles. The first-order valence-corrected chi connectivity index (χ1v) is 18.4. The van der Waals surface area contributed by atoms with Crippen molar-refractivity contribution in [2.75, 3.05) is 13.1 Å². The minimum absolute atomic E-state index is 0.639. The molecule has 6 aromatic carbocycles. The summed E-state index contributed by atoms with van der Waals surface area (Å²) >= 11 is 0. The molecule has 46 heavy (non-hydrogen) atoms. The predicted molar refractivity (Wildman–Crippen MR) is 204 cm³/mol. The number of aliphatic imine (C=N–C) groups is 2. The third-order valence-corrected chi connectivity index (χ3v) is 12.9. The lowest BCUT2D eigenvalue weighted by Gasteiger charge is -2.22. The molecule has 2 nitrogen and oxygen atoms in total. The normalized spacial score (nSPS) is 12.1. The van der Waals surface area contributed by atoms with Crippen LogP contribution in [0, 0.1) is 0 Å². The number of benzene rings is 6. The second-order valence-electron chi connectivity index (χ2n) is 11.0. The second kappa shape index (κ2) is 15.7. The van der Waals surface area contributed by atoms with E-state index in [4.69, 9.17) is 9.98 Å². The molecule has 0 atom stereocenters. The van der Waals surface area contributed by atoms with Crippen LogP contribution in [0.25, 0.3) is 0 Å². The molecule has 0 heterocycles. The average Bonchev–Trinajstić information content (AvgIpc) is 3.12. The summed E-state index contributed by atoms with van der Waals surface area (Å²) in [6, 6.07) is 61.0. The van der Waals surface area contributed by atoms with Crippen LogP contribution in [0.2, 0.25) is 0 Å². The van der Waals surface area contributed by atoms with Crippen molar-refractivity contribution in [1.82, 2.24) is 0 Å². The smallest absolute Gasteiger partial charge is 0.0588 e. The molecule has 226 valence electrons. The lowest BCUT2D eigenvalue weighted by molar-refractivity contribution is 0.973. The molecule has 4 heteroatoms. The Morgan fingerprint density at radius 1 is 0.370 bits per heavy atom. The molecule has 0 radical (unpaired) electrons. The van der Waals surface area contributed by atoms with Gasteiger partial charge in [-0.3, -0.25) is 9.98 Å². The van der Waals surface area contributed by atoms with Gasteiger partial charge in [0.2, 0.25) is 0 Å². The van der Waals surface area contributed by atoms with Crippen molar-refractivity contribution in [1.29, 1.82) is 0 Å². The molecule has 0 fully saturated rings. The van der Waals surface area contributed by atoms with Gasteiger partial charge in [-0.1, -0.05) is 170 Å². The lowest BCUT2D eigenvalue weighted by Crippen LogP contribution is -2.25. The van der Waals surface area contributed by atoms with Crippen LogP contribution in [0.4, 0.5) is 0 Å². The zero-order valence-electron chi connectivity index (χ0n) is 26.4. The molecule has 0 spiro atoms. The molecule has 0 unspecified atom stereocenters. The Morgan fingerprint density at radius 3 is 0.935 bits per heavy atom. The molecule has 0 amide bonds. The lowest BCUT2D eigenvalue weighted by atomic mass is 10.1. The van der Waals surface area contributed by atoms with Gasteiger partial charge in [-0.15, -0.1) is 0 Å². The van der Waals surface area contributed by atoms with E-state index in [1.165, 1.54) is 43.0 Å². The van der Waals surface area contributed by atoms with E-state index in [0.717, 1.165) is 11.4 Å². The summed E-state index contributed by atoms with van der Waals surface area (Å²) in [4.78, 5) is 10.1. The molecule has 6 aromatic rings. The maximum atomic E-state index is 5.07. The molecule has 0 aliphatic heterocycles. The Hall–Kier alpha value is -4.48. The number of nitrogens with zero attached hydrogens (tertiary/aromatic N) is 2. The zero-order valence-corrected chi connectivity index (χ0v) is 28.2. The van der Waals surface area contributed by atoms with E-state index in [2.05, 4.69) is 184 Å². The van der Waals surface area contributed by atoms with E-state index in [1.54, 1.807) is 0 Å². The van der Waals surface area contributed by atoms with Crippen LogP contribution in [-0.4, -0.2) is 24.5 Å². The van der Waals surface area contributed by atoms with Crippen molar-refractivity contribution >= 4 is 59.1 Å². The van der Waals surface area contributed by atoms with Gasteiger partial charge in [0, 0.05) is 22.6 Å². The number of rotatable bonds is 11. The van der Waals surface area contributed by atoms with Crippen LogP contribution in [0.15, 0.2) is 180 Å². The third kappa shape index (κ3) is 7.48. The summed E-state index contributed by atoms with van der Waals surface area (Å²) in [5, 5.41) is 8.03. The quantitative estimate of drug-likeness (QED) is 0.0802. The van der Waals surface area contributed by atoms with Crippen LogP contribution in [0.1, 0.15) is 25.0 Å². The first-order chi connectivity index (χ1) is 22.7. The first kappa shape index (κ1) is 31.5. The van der Waals surface area contributed by atoms with E-state index in [-0.39, 0.29) is 0 Å². The molecule has 0 saturated heterocycles. The first-order valence-electron chi connectivity index (χ1n) is 15.7. The van der Waals surface area contributed by atoms with Gasteiger partial charge in [0.05, 0.1) is 13.1 Å². The van der Waals surface area contributed by atoms with Crippen molar-refractivity contribution in [2.45, 2.75) is 13.8 Å². The Kier molecular flexibility index (Phi) is 10.7. The van der Waals surface area contributed by atoms with Crippen LogP contribution in [-0.2, 0) is 0 Å². The predicted octanol–water partition coefficient (Wildman–Crippen LogP) is 7.52. The van der Waals surface area contributed by atoms with Crippen molar-refractivity contribution < 1.29 is 0 Å². The van der Waals surface area contributed by atoms with Crippen molar-refractivity contribution in [3.8, 4) is 0 Å². The highest BCUT2D eigenvalue weighted by Crippen LogP contribution is 2.35. The van der Waals surface area contributed by atoms with Crippen LogP contribution < -0.4 is 31.8 Å². The van der Waals surface area contributed by atoms with E-state index in [1.807, 2.05) is 0 Å². The largest absolute Gasteiger partial charge is 0.287 e. The van der Waals surface area contributed by atoms with Crippen LogP contribution >= 0.6 is 15.8 Å². The van der Waals surface area contributed by atoms with Gasteiger partial charge < -0.3 is 0 Å². The Bertz CT molecular complexity index is 1680. The molecular weight excluding hydrogens is 594 g/mol. The van der Waals surface area contributed by atoms with Gasteiger partial charge >= 0.3 is 0 Å². The summed E-state index contributed by atoms with van der Waals surface area (Å²) in [5.41, 5.74) is 4.53. The SMILES string of the molecule is CC(=NCCN=C(C)c1ccccc1P(c1ccccc1)c1ccccc1)c1ccccc1P(c1ccccc1)c1ccccc1. The summed E-state index contributed by atoms with van der Waals surface area (Å²) < 4.78 is 0. The van der Waals surface area contributed by atoms with Crippen LogP contribution in [0.5, 0.6) is 0 Å². The Balaban J connectivity index is 1.26. The highest BCUT2D eigenvalue weighted by molar-refractivity contribution is 7.80. The van der Waals surface area contributed by atoms with E-state index in [0.29, 0.717) is 13.1 Å². The van der Waals surface area contributed by atoms with Gasteiger partial charge in [0.15, 0.2) is 0 Å². The average molecular weight is 633 g/mol. The fourth-order valence-corrected chi connectivity index (χ4v) is 10.7. The summed E-state index contributed by atoms with van der Waals surface area (Å²) in [6.07, 6.45) is 0. The maximum Gasteiger partial charge on any atom is 0.0588 e. The van der Waals surface area contributed by atoms with Gasteiger partial charge in [0.25, 0.3) is 0 Å². The Morgan fingerprint density at radius 2 is 0.630 bits per heavy atom. The molecule has 0 aromatic heterocycles. The highest BCUT2D eigenvalue weighted by atomic mass is 31.1. The minimum Gasteiger partial charge on any atom is -0.287 e. The highest BCUT2D eigenvalue weighted by Gasteiger charge is 2.21. The Labute approximate surface area is 276 Å². The molecular formula is C42H38N2P2. The van der Waals surface area contributed by atoms with E-state index < -0.39 is 15.8 Å². The van der Waals surface area contributed by atoms with Gasteiger partial charge in [-0.2, -0.15) is 0 Å². The van der Waals surface area contributed by atoms with Gasteiger partial charge in [-0.25, -0.2) is 0 Å². The fraction of sp³-hybridized carbons (Fsp3) is 0.0952. The monoisotopic (exact) mass is 632 g/mol. The molecule has 0 aliphatic rings. The van der Waals surface area contributed by atoms with Crippen molar-refractivity contribution in [3.63, 3.8) is 0 Å². The number of hydrogen-bond acceptors (Lipinski definition) is 2. The summed E-state index contributed by atoms with van der Waals surface area (Å²) in [6.45, 7) is 5.56. The van der Waals surface area contributed by atoms with Crippen molar-refractivity contribution in [3.05, 3.63) is 181 Å². The maximum absolute atomic E-state index is 5.07. The van der Waals surface area contributed by atoms with Crippen LogP contribution in [0.3, 0.4) is 0 Å². The molecule has 0 bridgehead atoms. The van der Waals surface area contributed by atoms with E-state index >= 15 is 0 Å². The fourth-order valence-electron chi connectivity index (χ4n) is 5.72. The topological polar surface area (TPSA) is 24.7 Å². The van der Waals surface area contributed by atoms with Gasteiger partial charge in [0.1, 0.15) is 0 Å². The molecule has 6 rings (SSSR count). The second-order valence-corrected chi connectivity index (χ2v) is 15.4. The van der Waals surface area contributed by atoms with Crippen molar-refractivity contribution in [2.24, 2.45) is 9.98 Å². The van der Waals surface area contributed by atoms with E-state index in [9.17, 15) is 0 Å². The zero-order chi connectivity index (χ0) is 31.6. The minimum atomic E-state index is -0.714.